The molecule has 0 aromatic carbocycles. The van der Waals surface area contributed by atoms with Crippen LogP contribution in [0.25, 0.3) is 0 Å². The number of likely N-dealkylation sites (tertiary alicyclic amines) is 2. The van der Waals surface area contributed by atoms with Crippen molar-refractivity contribution >= 4 is 18.0 Å². The zero-order chi connectivity index (χ0) is 17.2. The SMILES string of the molecule is COC(=O)[C@@H]1CCCN1C(=O)C1CCCN1C(=O)OC(C)(C)C. The minimum absolute atomic E-state index is 0.179. The third kappa shape index (κ3) is 3.95. The van der Waals surface area contributed by atoms with Crippen molar-refractivity contribution in [3.63, 3.8) is 0 Å². The van der Waals surface area contributed by atoms with Gasteiger partial charge in [-0.15, -0.1) is 0 Å². The minimum atomic E-state index is -0.602. The maximum absolute atomic E-state index is 12.8. The summed E-state index contributed by atoms with van der Waals surface area (Å²) >= 11 is 0. The van der Waals surface area contributed by atoms with Crippen molar-refractivity contribution in [3.8, 4) is 0 Å². The molecule has 2 heterocycles. The summed E-state index contributed by atoms with van der Waals surface area (Å²) in [6, 6.07) is -1.08. The lowest BCUT2D eigenvalue weighted by molar-refractivity contribution is -0.152. The molecule has 0 saturated carbocycles. The molecule has 2 aliphatic rings. The molecule has 0 N–H and O–H groups in total. The summed E-state index contributed by atoms with van der Waals surface area (Å²) in [5, 5.41) is 0. The Hall–Kier alpha value is -1.79. The fourth-order valence-electron chi connectivity index (χ4n) is 3.17. The number of ether oxygens (including phenoxy) is 2. The van der Waals surface area contributed by atoms with Crippen LogP contribution < -0.4 is 0 Å². The lowest BCUT2D eigenvalue weighted by atomic mass is 10.1. The molecule has 130 valence electrons. The topological polar surface area (TPSA) is 76.2 Å². The van der Waals surface area contributed by atoms with Gasteiger partial charge in [0.1, 0.15) is 17.7 Å². The molecule has 2 aliphatic heterocycles. The van der Waals surface area contributed by atoms with Gasteiger partial charge in [-0.25, -0.2) is 9.59 Å². The van der Waals surface area contributed by atoms with E-state index in [1.165, 1.54) is 12.0 Å². The monoisotopic (exact) mass is 326 g/mol. The standard InChI is InChI=1S/C16H26N2O5/c1-16(2,3)23-15(21)18-10-5-7-11(18)13(19)17-9-6-8-12(17)14(20)22-4/h11-12H,5-10H2,1-4H3/t11?,12-/m0/s1. The van der Waals surface area contributed by atoms with E-state index in [1.807, 2.05) is 0 Å². The van der Waals surface area contributed by atoms with Gasteiger partial charge in [-0.2, -0.15) is 0 Å². The van der Waals surface area contributed by atoms with E-state index in [0.717, 1.165) is 12.8 Å². The average molecular weight is 326 g/mol. The van der Waals surface area contributed by atoms with Gasteiger partial charge >= 0.3 is 12.1 Å². The largest absolute Gasteiger partial charge is 0.467 e. The summed E-state index contributed by atoms with van der Waals surface area (Å²) in [7, 11) is 1.33. The van der Waals surface area contributed by atoms with E-state index >= 15 is 0 Å². The van der Waals surface area contributed by atoms with Crippen LogP contribution in [0.2, 0.25) is 0 Å². The van der Waals surface area contributed by atoms with Gasteiger partial charge in [-0.05, 0) is 46.5 Å². The first-order valence-corrected chi connectivity index (χ1v) is 8.12. The second kappa shape index (κ2) is 6.76. The second-order valence-electron chi connectivity index (χ2n) is 7.04. The van der Waals surface area contributed by atoms with Crippen molar-refractivity contribution in [1.82, 2.24) is 9.80 Å². The lowest BCUT2D eigenvalue weighted by Gasteiger charge is -2.31. The molecule has 7 nitrogen and oxygen atoms in total. The van der Waals surface area contributed by atoms with Gasteiger partial charge in [0.2, 0.25) is 5.91 Å². The Bertz CT molecular complexity index is 485. The Morgan fingerprint density at radius 2 is 1.52 bits per heavy atom. The Morgan fingerprint density at radius 1 is 0.957 bits per heavy atom. The molecule has 1 unspecified atom stereocenters. The van der Waals surface area contributed by atoms with E-state index in [4.69, 9.17) is 9.47 Å². The van der Waals surface area contributed by atoms with Gasteiger partial charge < -0.3 is 14.4 Å². The highest BCUT2D eigenvalue weighted by Crippen LogP contribution is 2.26. The van der Waals surface area contributed by atoms with Gasteiger partial charge in [0, 0.05) is 13.1 Å². The van der Waals surface area contributed by atoms with Crippen LogP contribution in [0.4, 0.5) is 4.79 Å². The normalized spacial score (nSPS) is 24.7. The van der Waals surface area contributed by atoms with Gasteiger partial charge in [-0.3, -0.25) is 9.69 Å². The van der Waals surface area contributed by atoms with Crippen LogP contribution >= 0.6 is 0 Å². The summed E-state index contributed by atoms with van der Waals surface area (Å²) in [6.07, 6.45) is 2.26. The number of amides is 2. The van der Waals surface area contributed by atoms with E-state index in [1.54, 1.807) is 25.7 Å². The molecule has 0 aromatic heterocycles. The van der Waals surface area contributed by atoms with E-state index < -0.39 is 29.7 Å². The van der Waals surface area contributed by atoms with E-state index in [9.17, 15) is 14.4 Å². The maximum atomic E-state index is 12.8. The van der Waals surface area contributed by atoms with Crippen molar-refractivity contribution in [2.75, 3.05) is 20.2 Å². The fourth-order valence-corrected chi connectivity index (χ4v) is 3.17. The third-order valence-electron chi connectivity index (χ3n) is 4.18. The Labute approximate surface area is 136 Å². The molecule has 7 heteroatoms. The Morgan fingerprint density at radius 3 is 2.09 bits per heavy atom. The smallest absolute Gasteiger partial charge is 0.410 e. The lowest BCUT2D eigenvalue weighted by Crippen LogP contribution is -2.51. The van der Waals surface area contributed by atoms with Crippen LogP contribution in [-0.4, -0.2) is 65.7 Å². The van der Waals surface area contributed by atoms with Crippen molar-refractivity contribution in [1.29, 1.82) is 0 Å². The second-order valence-corrected chi connectivity index (χ2v) is 7.04. The van der Waals surface area contributed by atoms with Crippen molar-refractivity contribution in [2.45, 2.75) is 64.1 Å². The summed E-state index contributed by atoms with van der Waals surface area (Å²) in [5.41, 5.74) is -0.602. The number of methoxy groups -OCH3 is 1. The molecule has 2 fully saturated rings. The number of hydrogen-bond donors (Lipinski definition) is 0. The molecule has 0 spiro atoms. The summed E-state index contributed by atoms with van der Waals surface area (Å²) in [5.74, 6) is -0.570. The number of carbonyl (C=O) groups excluding carboxylic acids is 3. The van der Waals surface area contributed by atoms with E-state index in [2.05, 4.69) is 0 Å². The molecule has 2 atom stereocenters. The van der Waals surface area contributed by atoms with Gasteiger partial charge in [-0.1, -0.05) is 0 Å². The van der Waals surface area contributed by atoms with E-state index in [-0.39, 0.29) is 5.91 Å². The molecule has 0 aromatic rings. The highest BCUT2D eigenvalue weighted by atomic mass is 16.6. The molecule has 0 radical (unpaired) electrons. The van der Waals surface area contributed by atoms with Crippen molar-refractivity contribution in [2.24, 2.45) is 0 Å². The third-order valence-corrected chi connectivity index (χ3v) is 4.18. The number of carbonyl (C=O) groups is 3. The predicted octanol–water partition coefficient (Wildman–Crippen LogP) is 1.55. The van der Waals surface area contributed by atoms with Crippen LogP contribution in [-0.2, 0) is 19.1 Å². The first kappa shape index (κ1) is 17.6. The quantitative estimate of drug-likeness (QED) is 0.720. The molecule has 2 rings (SSSR count). The molecule has 23 heavy (non-hydrogen) atoms. The Kier molecular flexibility index (Phi) is 5.16. The van der Waals surface area contributed by atoms with Crippen LogP contribution in [0.3, 0.4) is 0 Å². The highest BCUT2D eigenvalue weighted by Gasteiger charge is 2.43. The van der Waals surface area contributed by atoms with Crippen LogP contribution in [0.5, 0.6) is 0 Å². The van der Waals surface area contributed by atoms with E-state index in [0.29, 0.717) is 25.9 Å². The number of rotatable bonds is 2. The number of esters is 1. The fraction of sp³-hybridized carbons (Fsp3) is 0.812. The van der Waals surface area contributed by atoms with Gasteiger partial charge in [0.05, 0.1) is 7.11 Å². The average Bonchev–Trinajstić information content (AvgIpc) is 3.12. The van der Waals surface area contributed by atoms with Gasteiger partial charge in [0.15, 0.2) is 0 Å². The zero-order valence-corrected chi connectivity index (χ0v) is 14.3. The van der Waals surface area contributed by atoms with Crippen molar-refractivity contribution in [3.05, 3.63) is 0 Å². The van der Waals surface area contributed by atoms with Crippen LogP contribution in [0, 0.1) is 0 Å². The summed E-state index contributed by atoms with van der Waals surface area (Å²) in [6.45, 7) is 6.42. The predicted molar refractivity (Wildman–Crippen MR) is 82.7 cm³/mol. The zero-order valence-electron chi connectivity index (χ0n) is 14.3. The molecule has 0 aliphatic carbocycles. The Balaban J connectivity index is 2.08. The van der Waals surface area contributed by atoms with Crippen LogP contribution in [0.15, 0.2) is 0 Å². The summed E-state index contributed by atoms with van der Waals surface area (Å²) < 4.78 is 10.2. The maximum Gasteiger partial charge on any atom is 0.410 e. The first-order chi connectivity index (χ1) is 10.7. The number of hydrogen-bond acceptors (Lipinski definition) is 5. The molecular formula is C16H26N2O5. The van der Waals surface area contributed by atoms with Crippen molar-refractivity contribution < 1.29 is 23.9 Å². The van der Waals surface area contributed by atoms with Gasteiger partial charge in [0.25, 0.3) is 0 Å². The molecule has 2 saturated heterocycles. The highest BCUT2D eigenvalue weighted by molar-refractivity contribution is 5.90. The number of nitrogens with zero attached hydrogens (tertiary/aromatic N) is 2. The molecular weight excluding hydrogens is 300 g/mol. The minimum Gasteiger partial charge on any atom is -0.467 e. The van der Waals surface area contributed by atoms with Crippen LogP contribution in [0.1, 0.15) is 46.5 Å². The first-order valence-electron chi connectivity index (χ1n) is 8.12. The molecule has 2 amide bonds. The molecule has 0 bridgehead atoms. The summed E-state index contributed by atoms with van der Waals surface area (Å²) in [4.78, 5) is 40.0.